The van der Waals surface area contributed by atoms with E-state index >= 15 is 0 Å². The van der Waals surface area contributed by atoms with Crippen LogP contribution in [-0.2, 0) is 12.7 Å². The van der Waals surface area contributed by atoms with Crippen LogP contribution in [0.3, 0.4) is 0 Å². The molecule has 1 aromatic heterocycles. The van der Waals surface area contributed by atoms with Crippen LogP contribution in [0.15, 0.2) is 36.5 Å². The monoisotopic (exact) mass is 269 g/mol. The predicted molar refractivity (Wildman–Crippen MR) is 65.4 cm³/mol. The molecule has 1 heterocycles. The Labute approximate surface area is 108 Å². The lowest BCUT2D eigenvalue weighted by Crippen LogP contribution is -2.18. The van der Waals surface area contributed by atoms with Gasteiger partial charge in [-0.2, -0.15) is 18.3 Å². The van der Waals surface area contributed by atoms with E-state index in [0.29, 0.717) is 17.8 Å². The Kier molecular flexibility index (Phi) is 3.61. The lowest BCUT2D eigenvalue weighted by Gasteiger charge is -2.15. The van der Waals surface area contributed by atoms with Gasteiger partial charge in [-0.1, -0.05) is 12.1 Å². The largest absolute Gasteiger partial charge is 0.416 e. The van der Waals surface area contributed by atoms with Gasteiger partial charge in [0.2, 0.25) is 0 Å². The summed E-state index contributed by atoms with van der Waals surface area (Å²) in [6.45, 7) is 2.52. The Hall–Kier alpha value is -1.82. The normalized spacial score (nSPS) is 13.5. The Balaban J connectivity index is 2.37. The highest BCUT2D eigenvalue weighted by Crippen LogP contribution is 2.31. The molecule has 0 bridgehead atoms. The van der Waals surface area contributed by atoms with Crippen LogP contribution < -0.4 is 5.73 Å². The fourth-order valence-corrected chi connectivity index (χ4v) is 1.95. The molecule has 0 saturated carbocycles. The summed E-state index contributed by atoms with van der Waals surface area (Å²) in [5.74, 6) is 0. The fourth-order valence-electron chi connectivity index (χ4n) is 1.95. The van der Waals surface area contributed by atoms with Crippen LogP contribution in [-0.4, -0.2) is 9.78 Å². The van der Waals surface area contributed by atoms with Crippen molar-refractivity contribution < 1.29 is 13.2 Å². The van der Waals surface area contributed by atoms with Gasteiger partial charge < -0.3 is 5.73 Å². The Morgan fingerprint density at radius 1 is 1.32 bits per heavy atom. The molecule has 1 unspecified atom stereocenters. The molecular formula is C13H14F3N3. The molecule has 2 N–H and O–H groups in total. The number of hydrogen-bond acceptors (Lipinski definition) is 2. The van der Waals surface area contributed by atoms with Gasteiger partial charge in [-0.15, -0.1) is 0 Å². The number of aromatic nitrogens is 2. The van der Waals surface area contributed by atoms with Crippen molar-refractivity contribution in [2.75, 3.05) is 0 Å². The lowest BCUT2D eigenvalue weighted by atomic mass is 10.0. The molecule has 3 nitrogen and oxygen atoms in total. The molecule has 2 rings (SSSR count). The Bertz CT molecular complexity index is 560. The van der Waals surface area contributed by atoms with Crippen LogP contribution >= 0.6 is 0 Å². The number of halogens is 3. The molecule has 2 aromatic rings. The van der Waals surface area contributed by atoms with Crippen LogP contribution in [0, 0.1) is 0 Å². The summed E-state index contributed by atoms with van der Waals surface area (Å²) >= 11 is 0. The minimum Gasteiger partial charge on any atom is -0.319 e. The molecule has 0 amide bonds. The maximum Gasteiger partial charge on any atom is 0.416 e. The smallest absolute Gasteiger partial charge is 0.319 e. The zero-order valence-corrected chi connectivity index (χ0v) is 10.4. The van der Waals surface area contributed by atoms with E-state index in [4.69, 9.17) is 5.73 Å². The standard InChI is InChI=1S/C13H14F3N3/c1-2-19-11(6-7-18-19)12(17)9-4-3-5-10(8-9)13(14,15)16/h3-8,12H,2,17H2,1H3. The summed E-state index contributed by atoms with van der Waals surface area (Å²) in [6, 6.07) is 6.17. The third kappa shape index (κ3) is 2.78. The van der Waals surface area contributed by atoms with Gasteiger partial charge in [-0.05, 0) is 30.7 Å². The van der Waals surface area contributed by atoms with Gasteiger partial charge in [0.15, 0.2) is 0 Å². The van der Waals surface area contributed by atoms with Crippen molar-refractivity contribution in [3.63, 3.8) is 0 Å². The van der Waals surface area contributed by atoms with Gasteiger partial charge in [-0.25, -0.2) is 0 Å². The van der Waals surface area contributed by atoms with E-state index in [-0.39, 0.29) is 0 Å². The van der Waals surface area contributed by atoms with Crippen LogP contribution in [0.2, 0.25) is 0 Å². The topological polar surface area (TPSA) is 43.8 Å². The number of hydrogen-bond donors (Lipinski definition) is 1. The zero-order chi connectivity index (χ0) is 14.0. The van der Waals surface area contributed by atoms with Crippen LogP contribution in [0.1, 0.15) is 29.8 Å². The highest BCUT2D eigenvalue weighted by molar-refractivity contribution is 5.32. The van der Waals surface area contributed by atoms with E-state index in [0.717, 1.165) is 12.1 Å². The van der Waals surface area contributed by atoms with Crippen molar-refractivity contribution in [2.45, 2.75) is 25.7 Å². The minimum absolute atomic E-state index is 0.421. The molecule has 6 heteroatoms. The van der Waals surface area contributed by atoms with Crippen molar-refractivity contribution in [1.82, 2.24) is 9.78 Å². The Morgan fingerprint density at radius 3 is 2.68 bits per heavy atom. The van der Waals surface area contributed by atoms with Crippen LogP contribution in [0.5, 0.6) is 0 Å². The molecule has 1 atom stereocenters. The first-order valence-corrected chi connectivity index (χ1v) is 5.88. The highest BCUT2D eigenvalue weighted by atomic mass is 19.4. The van der Waals surface area contributed by atoms with Gasteiger partial charge in [0.1, 0.15) is 0 Å². The van der Waals surface area contributed by atoms with Crippen molar-refractivity contribution in [3.8, 4) is 0 Å². The Morgan fingerprint density at radius 2 is 2.05 bits per heavy atom. The van der Waals surface area contributed by atoms with Gasteiger partial charge in [0.25, 0.3) is 0 Å². The third-order valence-electron chi connectivity index (χ3n) is 2.94. The van der Waals surface area contributed by atoms with Gasteiger partial charge in [0, 0.05) is 12.7 Å². The van der Waals surface area contributed by atoms with E-state index in [1.165, 1.54) is 6.07 Å². The third-order valence-corrected chi connectivity index (χ3v) is 2.94. The quantitative estimate of drug-likeness (QED) is 0.931. The molecule has 102 valence electrons. The summed E-state index contributed by atoms with van der Waals surface area (Å²) in [5.41, 5.74) is 6.45. The highest BCUT2D eigenvalue weighted by Gasteiger charge is 2.31. The van der Waals surface area contributed by atoms with Crippen molar-refractivity contribution in [2.24, 2.45) is 5.73 Å². The van der Waals surface area contributed by atoms with E-state index in [1.54, 1.807) is 23.0 Å². The fraction of sp³-hybridized carbons (Fsp3) is 0.308. The van der Waals surface area contributed by atoms with E-state index in [9.17, 15) is 13.2 Å². The van der Waals surface area contributed by atoms with Crippen LogP contribution in [0.25, 0.3) is 0 Å². The summed E-state index contributed by atoms with van der Waals surface area (Å²) in [7, 11) is 0. The maximum absolute atomic E-state index is 12.7. The average Bonchev–Trinajstić information content (AvgIpc) is 2.85. The van der Waals surface area contributed by atoms with Crippen molar-refractivity contribution >= 4 is 0 Å². The first-order chi connectivity index (χ1) is 8.93. The molecule has 0 spiro atoms. The minimum atomic E-state index is -4.36. The second kappa shape index (κ2) is 5.05. The molecule has 0 aliphatic heterocycles. The second-order valence-corrected chi connectivity index (χ2v) is 4.17. The van der Waals surface area contributed by atoms with Gasteiger partial charge in [0.05, 0.1) is 17.3 Å². The predicted octanol–water partition coefficient (Wildman–Crippen LogP) is 2.97. The molecule has 19 heavy (non-hydrogen) atoms. The van der Waals surface area contributed by atoms with Crippen molar-refractivity contribution in [3.05, 3.63) is 53.3 Å². The molecule has 0 radical (unpaired) electrons. The average molecular weight is 269 g/mol. The number of alkyl halides is 3. The summed E-state index contributed by atoms with van der Waals surface area (Å²) < 4.78 is 39.7. The van der Waals surface area contributed by atoms with E-state index in [1.807, 2.05) is 6.92 Å². The van der Waals surface area contributed by atoms with E-state index in [2.05, 4.69) is 5.10 Å². The molecule has 0 aliphatic rings. The SMILES string of the molecule is CCn1nccc1C(N)c1cccc(C(F)(F)F)c1. The van der Waals surface area contributed by atoms with Crippen LogP contribution in [0.4, 0.5) is 13.2 Å². The zero-order valence-electron chi connectivity index (χ0n) is 10.4. The molecule has 0 aliphatic carbocycles. The first kappa shape index (κ1) is 13.6. The van der Waals surface area contributed by atoms with E-state index < -0.39 is 17.8 Å². The molecule has 0 fully saturated rings. The number of benzene rings is 1. The molecule has 1 aromatic carbocycles. The second-order valence-electron chi connectivity index (χ2n) is 4.17. The summed E-state index contributed by atoms with van der Waals surface area (Å²) in [6.07, 6.45) is -2.77. The van der Waals surface area contributed by atoms with Crippen molar-refractivity contribution in [1.29, 1.82) is 0 Å². The number of aryl methyl sites for hydroxylation is 1. The number of nitrogens with two attached hydrogens (primary N) is 1. The summed E-state index contributed by atoms with van der Waals surface area (Å²) in [4.78, 5) is 0. The maximum atomic E-state index is 12.7. The van der Waals surface area contributed by atoms with Gasteiger partial charge in [-0.3, -0.25) is 4.68 Å². The first-order valence-electron chi connectivity index (χ1n) is 5.88. The summed E-state index contributed by atoms with van der Waals surface area (Å²) in [5, 5.41) is 4.07. The molecular weight excluding hydrogens is 255 g/mol. The number of rotatable bonds is 3. The lowest BCUT2D eigenvalue weighted by molar-refractivity contribution is -0.137. The number of nitrogens with zero attached hydrogens (tertiary/aromatic N) is 2. The molecule has 0 saturated heterocycles. The van der Waals surface area contributed by atoms with Gasteiger partial charge >= 0.3 is 6.18 Å².